The number of hydrogen-bond donors (Lipinski definition) is 1. The molecule has 0 amide bonds. The third-order valence-electron chi connectivity index (χ3n) is 2.71. The number of halogens is 1. The van der Waals surface area contributed by atoms with E-state index in [9.17, 15) is 4.79 Å². The summed E-state index contributed by atoms with van der Waals surface area (Å²) in [6, 6.07) is 12.8. The number of ether oxygens (including phenoxy) is 1. The summed E-state index contributed by atoms with van der Waals surface area (Å²) >= 11 is 3.37. The van der Waals surface area contributed by atoms with E-state index in [-0.39, 0.29) is 6.61 Å². The standard InChI is InChI=1S/C15H13BrO3/c16-14-3-1-2-13(9-18)15(14)19-10-12-6-4-11(8-17)5-7-12/h1-7,9,17H,8,10H2. The maximum Gasteiger partial charge on any atom is 0.153 e. The van der Waals surface area contributed by atoms with Crippen molar-refractivity contribution in [3.05, 3.63) is 63.6 Å². The first-order valence-electron chi connectivity index (χ1n) is 5.79. The fraction of sp³-hybridized carbons (Fsp3) is 0.133. The summed E-state index contributed by atoms with van der Waals surface area (Å²) in [4.78, 5) is 10.9. The maximum atomic E-state index is 10.9. The van der Waals surface area contributed by atoms with Crippen molar-refractivity contribution in [3.8, 4) is 5.75 Å². The molecule has 1 N–H and O–H groups in total. The molecular weight excluding hydrogens is 308 g/mol. The van der Waals surface area contributed by atoms with Gasteiger partial charge in [0.15, 0.2) is 6.29 Å². The molecule has 0 aromatic heterocycles. The van der Waals surface area contributed by atoms with Gasteiger partial charge in [-0.25, -0.2) is 0 Å². The van der Waals surface area contributed by atoms with E-state index >= 15 is 0 Å². The number of aldehydes is 1. The molecule has 0 bridgehead atoms. The molecule has 0 saturated heterocycles. The van der Waals surface area contributed by atoms with E-state index in [0.717, 1.165) is 21.9 Å². The van der Waals surface area contributed by atoms with E-state index in [1.54, 1.807) is 12.1 Å². The third kappa shape index (κ3) is 3.43. The summed E-state index contributed by atoms with van der Waals surface area (Å²) in [5.74, 6) is 0.545. The lowest BCUT2D eigenvalue weighted by Crippen LogP contribution is -1.99. The molecule has 98 valence electrons. The van der Waals surface area contributed by atoms with E-state index in [1.807, 2.05) is 30.3 Å². The largest absolute Gasteiger partial charge is 0.487 e. The zero-order valence-corrected chi connectivity index (χ0v) is 11.8. The van der Waals surface area contributed by atoms with Crippen LogP contribution in [-0.2, 0) is 13.2 Å². The van der Waals surface area contributed by atoms with Crippen LogP contribution in [0, 0.1) is 0 Å². The van der Waals surface area contributed by atoms with E-state index in [1.165, 1.54) is 0 Å². The summed E-state index contributed by atoms with van der Waals surface area (Å²) < 4.78 is 6.43. The van der Waals surface area contributed by atoms with Gasteiger partial charge in [0.1, 0.15) is 12.4 Å². The number of benzene rings is 2. The van der Waals surface area contributed by atoms with Crippen LogP contribution in [0.3, 0.4) is 0 Å². The molecular formula is C15H13BrO3. The van der Waals surface area contributed by atoms with Crippen molar-refractivity contribution in [3.63, 3.8) is 0 Å². The molecule has 2 aromatic rings. The van der Waals surface area contributed by atoms with Crippen LogP contribution in [0.5, 0.6) is 5.75 Å². The highest BCUT2D eigenvalue weighted by Gasteiger charge is 2.07. The van der Waals surface area contributed by atoms with Gasteiger partial charge in [-0.2, -0.15) is 0 Å². The Morgan fingerprint density at radius 2 is 1.79 bits per heavy atom. The summed E-state index contributed by atoms with van der Waals surface area (Å²) in [5.41, 5.74) is 2.35. The molecule has 0 radical (unpaired) electrons. The van der Waals surface area contributed by atoms with Gasteiger partial charge in [0.2, 0.25) is 0 Å². The fourth-order valence-corrected chi connectivity index (χ4v) is 2.16. The molecule has 0 spiro atoms. The molecule has 0 aliphatic heterocycles. The second kappa shape index (κ2) is 6.50. The van der Waals surface area contributed by atoms with Crippen LogP contribution >= 0.6 is 15.9 Å². The highest BCUT2D eigenvalue weighted by atomic mass is 79.9. The lowest BCUT2D eigenvalue weighted by Gasteiger charge is -2.10. The van der Waals surface area contributed by atoms with Crippen LogP contribution in [0.25, 0.3) is 0 Å². The first-order valence-corrected chi connectivity index (χ1v) is 6.59. The number of carbonyl (C=O) groups excluding carboxylic acids is 1. The van der Waals surface area contributed by atoms with Crippen LogP contribution in [0.15, 0.2) is 46.9 Å². The number of carbonyl (C=O) groups is 1. The monoisotopic (exact) mass is 320 g/mol. The van der Waals surface area contributed by atoms with E-state index in [0.29, 0.717) is 17.9 Å². The van der Waals surface area contributed by atoms with Crippen LogP contribution in [-0.4, -0.2) is 11.4 Å². The van der Waals surface area contributed by atoms with Crippen molar-refractivity contribution in [1.82, 2.24) is 0 Å². The number of aliphatic hydroxyl groups excluding tert-OH is 1. The summed E-state index contributed by atoms with van der Waals surface area (Å²) in [6.45, 7) is 0.399. The van der Waals surface area contributed by atoms with Crippen LogP contribution in [0.4, 0.5) is 0 Å². The van der Waals surface area contributed by atoms with Gasteiger partial charge in [-0.3, -0.25) is 4.79 Å². The smallest absolute Gasteiger partial charge is 0.153 e. The Labute approximate surface area is 120 Å². The molecule has 0 aliphatic carbocycles. The Kier molecular flexibility index (Phi) is 4.71. The Morgan fingerprint density at radius 1 is 1.11 bits per heavy atom. The SMILES string of the molecule is O=Cc1cccc(Br)c1OCc1ccc(CO)cc1. The topological polar surface area (TPSA) is 46.5 Å². The first kappa shape index (κ1) is 13.8. The molecule has 0 unspecified atom stereocenters. The molecule has 0 aliphatic rings. The Balaban J connectivity index is 2.11. The molecule has 19 heavy (non-hydrogen) atoms. The summed E-state index contributed by atoms with van der Waals surface area (Å²) in [6.07, 6.45) is 0.773. The Hall–Kier alpha value is -1.65. The highest BCUT2D eigenvalue weighted by molar-refractivity contribution is 9.10. The van der Waals surface area contributed by atoms with E-state index in [4.69, 9.17) is 9.84 Å². The Morgan fingerprint density at radius 3 is 2.42 bits per heavy atom. The van der Waals surface area contributed by atoms with Crippen molar-refractivity contribution < 1.29 is 14.6 Å². The molecule has 0 atom stereocenters. The average Bonchev–Trinajstić information content (AvgIpc) is 2.46. The molecule has 0 fully saturated rings. The summed E-state index contributed by atoms with van der Waals surface area (Å²) in [7, 11) is 0. The van der Waals surface area contributed by atoms with Crippen LogP contribution < -0.4 is 4.74 Å². The second-order valence-corrected chi connectivity index (χ2v) is 4.89. The quantitative estimate of drug-likeness (QED) is 0.859. The number of para-hydroxylation sites is 1. The van der Waals surface area contributed by atoms with Gasteiger partial charge < -0.3 is 9.84 Å². The number of hydrogen-bond acceptors (Lipinski definition) is 3. The molecule has 0 saturated carbocycles. The lowest BCUT2D eigenvalue weighted by atomic mass is 10.1. The molecule has 0 heterocycles. The van der Waals surface area contributed by atoms with Gasteiger partial charge in [0.25, 0.3) is 0 Å². The second-order valence-electron chi connectivity index (χ2n) is 4.04. The highest BCUT2D eigenvalue weighted by Crippen LogP contribution is 2.28. The van der Waals surface area contributed by atoms with E-state index in [2.05, 4.69) is 15.9 Å². The fourth-order valence-electron chi connectivity index (χ4n) is 1.67. The van der Waals surface area contributed by atoms with Gasteiger partial charge in [-0.15, -0.1) is 0 Å². The lowest BCUT2D eigenvalue weighted by molar-refractivity contribution is 0.111. The normalized spacial score (nSPS) is 10.2. The molecule has 2 rings (SSSR count). The minimum Gasteiger partial charge on any atom is -0.487 e. The predicted octanol–water partition coefficient (Wildman–Crippen LogP) is 3.33. The van der Waals surface area contributed by atoms with Crippen molar-refractivity contribution in [2.75, 3.05) is 0 Å². The Bertz CT molecular complexity index is 564. The van der Waals surface area contributed by atoms with Gasteiger partial charge >= 0.3 is 0 Å². The molecule has 3 nitrogen and oxygen atoms in total. The van der Waals surface area contributed by atoms with Gasteiger partial charge in [-0.05, 0) is 39.2 Å². The van der Waals surface area contributed by atoms with Crippen LogP contribution in [0.2, 0.25) is 0 Å². The van der Waals surface area contributed by atoms with Crippen molar-refractivity contribution in [2.24, 2.45) is 0 Å². The number of rotatable bonds is 5. The number of aliphatic hydroxyl groups is 1. The van der Waals surface area contributed by atoms with Crippen LogP contribution in [0.1, 0.15) is 21.5 Å². The average molecular weight is 321 g/mol. The zero-order valence-electron chi connectivity index (χ0n) is 10.2. The van der Waals surface area contributed by atoms with Gasteiger partial charge in [0, 0.05) is 0 Å². The van der Waals surface area contributed by atoms with Crippen molar-refractivity contribution in [2.45, 2.75) is 13.2 Å². The minimum atomic E-state index is 0.0284. The van der Waals surface area contributed by atoms with Crippen molar-refractivity contribution in [1.29, 1.82) is 0 Å². The zero-order chi connectivity index (χ0) is 13.7. The first-order chi connectivity index (χ1) is 9.24. The van der Waals surface area contributed by atoms with Crippen molar-refractivity contribution >= 4 is 22.2 Å². The van der Waals surface area contributed by atoms with E-state index < -0.39 is 0 Å². The third-order valence-corrected chi connectivity index (χ3v) is 3.34. The minimum absolute atomic E-state index is 0.0284. The predicted molar refractivity (Wildman–Crippen MR) is 76.2 cm³/mol. The molecule has 2 aromatic carbocycles. The maximum absolute atomic E-state index is 10.9. The van der Waals surface area contributed by atoms with Gasteiger partial charge in [0.05, 0.1) is 16.6 Å². The van der Waals surface area contributed by atoms with Gasteiger partial charge in [-0.1, -0.05) is 30.3 Å². The molecule has 4 heteroatoms. The summed E-state index contributed by atoms with van der Waals surface area (Å²) in [5, 5.41) is 8.96.